The number of hydrogen-bond donors (Lipinski definition) is 2. The molecule has 1 aromatic rings. The number of piperazine rings is 1. The molecule has 0 bridgehead atoms. The fourth-order valence-corrected chi connectivity index (χ4v) is 2.73. The lowest BCUT2D eigenvalue weighted by Gasteiger charge is -2.39. The highest BCUT2D eigenvalue weighted by Crippen LogP contribution is 2.14. The molecule has 0 saturated carbocycles. The Hall–Kier alpha value is -1.86. The number of ether oxygens (including phenoxy) is 1. The van der Waals surface area contributed by atoms with Gasteiger partial charge in [-0.3, -0.25) is 4.90 Å². The molecule has 134 valence electrons. The Bertz CT molecular complexity index is 509. The average molecular weight is 335 g/mol. The van der Waals surface area contributed by atoms with Crippen molar-refractivity contribution in [3.05, 3.63) is 24.4 Å². The van der Waals surface area contributed by atoms with Crippen LogP contribution in [0.2, 0.25) is 0 Å². The largest absolute Gasteiger partial charge is 0.444 e. The molecular formula is C17H29N5O2. The standard InChI is InChI=1S/C17H29N5O2/c1-17(2,3)24-16(23)20-13-14(12-18)21-8-10-22(11-9-21)15-6-4-5-7-19-15/h4-7,14H,8-13,18H2,1-3H3,(H,20,23). The van der Waals surface area contributed by atoms with Crippen LogP contribution in [0.3, 0.4) is 0 Å². The fraction of sp³-hybridized carbons (Fsp3) is 0.647. The van der Waals surface area contributed by atoms with Crippen LogP contribution in [0.5, 0.6) is 0 Å². The monoisotopic (exact) mass is 335 g/mol. The van der Waals surface area contributed by atoms with Crippen LogP contribution in [0.15, 0.2) is 24.4 Å². The van der Waals surface area contributed by atoms with E-state index in [4.69, 9.17) is 10.5 Å². The number of nitrogens with one attached hydrogen (secondary N) is 1. The van der Waals surface area contributed by atoms with Gasteiger partial charge in [-0.05, 0) is 32.9 Å². The number of carbonyl (C=O) groups excluding carboxylic acids is 1. The van der Waals surface area contributed by atoms with E-state index in [2.05, 4.69) is 20.1 Å². The minimum absolute atomic E-state index is 0.114. The van der Waals surface area contributed by atoms with E-state index in [1.165, 1.54) is 0 Å². The van der Waals surface area contributed by atoms with Crippen molar-refractivity contribution >= 4 is 11.9 Å². The van der Waals surface area contributed by atoms with E-state index in [1.54, 1.807) is 0 Å². The first-order valence-corrected chi connectivity index (χ1v) is 8.46. The molecule has 1 fully saturated rings. The van der Waals surface area contributed by atoms with Gasteiger partial charge < -0.3 is 20.7 Å². The Kier molecular flexibility index (Phi) is 6.39. The molecule has 1 unspecified atom stereocenters. The predicted octanol–water partition coefficient (Wildman–Crippen LogP) is 1.06. The van der Waals surface area contributed by atoms with E-state index in [1.807, 2.05) is 45.2 Å². The molecule has 2 rings (SSSR count). The van der Waals surface area contributed by atoms with Gasteiger partial charge in [0.15, 0.2) is 0 Å². The Morgan fingerprint density at radius 2 is 2.04 bits per heavy atom. The summed E-state index contributed by atoms with van der Waals surface area (Å²) < 4.78 is 5.27. The maximum absolute atomic E-state index is 11.8. The molecule has 1 saturated heterocycles. The van der Waals surface area contributed by atoms with Gasteiger partial charge in [0.1, 0.15) is 11.4 Å². The second-order valence-electron chi connectivity index (χ2n) is 6.98. The number of alkyl carbamates (subject to hydrolysis) is 1. The van der Waals surface area contributed by atoms with Crippen LogP contribution in [0.25, 0.3) is 0 Å². The molecule has 1 aromatic heterocycles. The zero-order valence-corrected chi connectivity index (χ0v) is 14.9. The Morgan fingerprint density at radius 3 is 2.58 bits per heavy atom. The summed E-state index contributed by atoms with van der Waals surface area (Å²) in [5.74, 6) is 1.01. The third-order valence-electron chi connectivity index (χ3n) is 3.96. The molecule has 0 spiro atoms. The summed E-state index contributed by atoms with van der Waals surface area (Å²) in [6, 6.07) is 6.07. The SMILES string of the molecule is CC(C)(C)OC(=O)NCC(CN)N1CCN(c2ccccn2)CC1. The van der Waals surface area contributed by atoms with Gasteiger partial charge in [0.2, 0.25) is 0 Å². The van der Waals surface area contributed by atoms with Crippen LogP contribution in [-0.4, -0.2) is 66.9 Å². The maximum Gasteiger partial charge on any atom is 0.407 e. The first-order valence-electron chi connectivity index (χ1n) is 8.46. The number of rotatable bonds is 5. The number of anilines is 1. The summed E-state index contributed by atoms with van der Waals surface area (Å²) in [6.45, 7) is 10.1. The van der Waals surface area contributed by atoms with Crippen molar-refractivity contribution in [3.63, 3.8) is 0 Å². The molecular weight excluding hydrogens is 306 g/mol. The zero-order chi connectivity index (χ0) is 17.6. The summed E-state index contributed by atoms with van der Waals surface area (Å²) in [4.78, 5) is 20.8. The number of nitrogens with two attached hydrogens (primary N) is 1. The lowest BCUT2D eigenvalue weighted by molar-refractivity contribution is 0.0507. The highest BCUT2D eigenvalue weighted by molar-refractivity contribution is 5.67. The van der Waals surface area contributed by atoms with E-state index in [0.29, 0.717) is 13.1 Å². The van der Waals surface area contributed by atoms with Crippen LogP contribution >= 0.6 is 0 Å². The molecule has 7 heteroatoms. The van der Waals surface area contributed by atoms with Gasteiger partial charge in [-0.2, -0.15) is 0 Å². The quantitative estimate of drug-likeness (QED) is 0.837. The lowest BCUT2D eigenvalue weighted by atomic mass is 10.2. The number of aromatic nitrogens is 1. The number of carbonyl (C=O) groups is 1. The van der Waals surface area contributed by atoms with E-state index < -0.39 is 11.7 Å². The maximum atomic E-state index is 11.8. The summed E-state index contributed by atoms with van der Waals surface area (Å²) in [6.07, 6.45) is 1.42. The second-order valence-corrected chi connectivity index (χ2v) is 6.98. The zero-order valence-electron chi connectivity index (χ0n) is 14.9. The van der Waals surface area contributed by atoms with Crippen molar-refractivity contribution in [2.24, 2.45) is 5.73 Å². The normalized spacial score (nSPS) is 17.4. The second kappa shape index (κ2) is 8.30. The van der Waals surface area contributed by atoms with E-state index in [0.717, 1.165) is 32.0 Å². The van der Waals surface area contributed by atoms with Gasteiger partial charge in [-0.15, -0.1) is 0 Å². The smallest absolute Gasteiger partial charge is 0.407 e. The topological polar surface area (TPSA) is 83.7 Å². The molecule has 0 aliphatic carbocycles. The molecule has 1 atom stereocenters. The first-order chi connectivity index (χ1) is 11.4. The van der Waals surface area contributed by atoms with E-state index in [-0.39, 0.29) is 6.04 Å². The van der Waals surface area contributed by atoms with Gasteiger partial charge in [0, 0.05) is 51.5 Å². The number of pyridine rings is 1. The Labute approximate surface area is 144 Å². The number of nitrogens with zero attached hydrogens (tertiary/aromatic N) is 3. The minimum Gasteiger partial charge on any atom is -0.444 e. The average Bonchev–Trinajstić information content (AvgIpc) is 2.55. The molecule has 1 amide bonds. The van der Waals surface area contributed by atoms with Gasteiger partial charge in [-0.25, -0.2) is 9.78 Å². The number of amides is 1. The lowest BCUT2D eigenvalue weighted by Crippen LogP contribution is -2.56. The third-order valence-corrected chi connectivity index (χ3v) is 3.96. The van der Waals surface area contributed by atoms with E-state index in [9.17, 15) is 4.79 Å². The summed E-state index contributed by atoms with van der Waals surface area (Å²) >= 11 is 0. The molecule has 3 N–H and O–H groups in total. The molecule has 1 aliphatic heterocycles. The molecule has 7 nitrogen and oxygen atoms in total. The Morgan fingerprint density at radius 1 is 1.33 bits per heavy atom. The van der Waals surface area contributed by atoms with Crippen LogP contribution < -0.4 is 16.0 Å². The van der Waals surface area contributed by atoms with Crippen molar-refractivity contribution in [1.29, 1.82) is 0 Å². The molecule has 0 radical (unpaired) electrons. The highest BCUT2D eigenvalue weighted by atomic mass is 16.6. The predicted molar refractivity (Wildman–Crippen MR) is 95.1 cm³/mol. The summed E-state index contributed by atoms with van der Waals surface area (Å²) in [5, 5.41) is 2.82. The third kappa shape index (κ3) is 5.65. The Balaban J connectivity index is 1.79. The molecule has 0 aromatic carbocycles. The first kappa shape index (κ1) is 18.5. The molecule has 2 heterocycles. The van der Waals surface area contributed by atoms with Crippen LogP contribution in [0.4, 0.5) is 10.6 Å². The number of hydrogen-bond acceptors (Lipinski definition) is 6. The highest BCUT2D eigenvalue weighted by Gasteiger charge is 2.24. The van der Waals surface area contributed by atoms with Crippen molar-refractivity contribution in [1.82, 2.24) is 15.2 Å². The summed E-state index contributed by atoms with van der Waals surface area (Å²) in [5.41, 5.74) is 5.41. The summed E-state index contributed by atoms with van der Waals surface area (Å²) in [7, 11) is 0. The van der Waals surface area contributed by atoms with Gasteiger partial charge >= 0.3 is 6.09 Å². The van der Waals surface area contributed by atoms with Crippen molar-refractivity contribution in [2.45, 2.75) is 32.4 Å². The van der Waals surface area contributed by atoms with Gasteiger partial charge in [-0.1, -0.05) is 6.07 Å². The van der Waals surface area contributed by atoms with Crippen molar-refractivity contribution in [2.75, 3.05) is 44.2 Å². The van der Waals surface area contributed by atoms with Gasteiger partial charge in [0.25, 0.3) is 0 Å². The van der Waals surface area contributed by atoms with Crippen LogP contribution in [0, 0.1) is 0 Å². The molecule has 24 heavy (non-hydrogen) atoms. The van der Waals surface area contributed by atoms with Crippen LogP contribution in [-0.2, 0) is 4.74 Å². The van der Waals surface area contributed by atoms with Crippen molar-refractivity contribution < 1.29 is 9.53 Å². The fourth-order valence-electron chi connectivity index (χ4n) is 2.73. The van der Waals surface area contributed by atoms with Gasteiger partial charge in [0.05, 0.1) is 0 Å². The van der Waals surface area contributed by atoms with Crippen LogP contribution in [0.1, 0.15) is 20.8 Å². The van der Waals surface area contributed by atoms with Crippen molar-refractivity contribution in [3.8, 4) is 0 Å². The molecule has 1 aliphatic rings. The van der Waals surface area contributed by atoms with E-state index >= 15 is 0 Å². The minimum atomic E-state index is -0.489.